The first-order chi connectivity index (χ1) is 14.1. The Labute approximate surface area is 170 Å². The second kappa shape index (κ2) is 7.19. The Hall–Kier alpha value is -2.86. The Morgan fingerprint density at radius 1 is 1.17 bits per heavy atom. The molecule has 1 aromatic carbocycles. The molecule has 5 rings (SSSR count). The molecule has 1 fully saturated rings. The van der Waals surface area contributed by atoms with E-state index in [9.17, 15) is 0 Å². The molecule has 6 nitrogen and oxygen atoms in total. The lowest BCUT2D eigenvalue weighted by Gasteiger charge is -2.23. The first kappa shape index (κ1) is 18.2. The fourth-order valence-electron chi connectivity index (χ4n) is 4.43. The molecule has 0 aliphatic carbocycles. The highest BCUT2D eigenvalue weighted by atomic mass is 16.5. The second-order valence-corrected chi connectivity index (χ2v) is 8.28. The first-order valence-corrected chi connectivity index (χ1v) is 10.4. The number of piperidine rings is 1. The molecule has 0 radical (unpaired) electrons. The summed E-state index contributed by atoms with van der Waals surface area (Å²) in [6.07, 6.45) is 6.07. The van der Waals surface area contributed by atoms with Gasteiger partial charge < -0.3 is 15.0 Å². The monoisotopic (exact) mass is 389 g/mol. The smallest absolute Gasteiger partial charge is 0.158 e. The number of rotatable bonds is 4. The van der Waals surface area contributed by atoms with Crippen LogP contribution < -0.4 is 10.1 Å². The molecule has 1 saturated heterocycles. The van der Waals surface area contributed by atoms with Crippen molar-refractivity contribution in [1.82, 2.24) is 24.9 Å². The maximum absolute atomic E-state index is 6.30. The molecule has 2 N–H and O–H groups in total. The first-order valence-electron chi connectivity index (χ1n) is 10.4. The highest BCUT2D eigenvalue weighted by Gasteiger charge is 2.19. The van der Waals surface area contributed by atoms with Crippen LogP contribution in [0.15, 0.2) is 36.8 Å². The van der Waals surface area contributed by atoms with Crippen LogP contribution in [0.25, 0.3) is 27.8 Å². The Morgan fingerprint density at radius 2 is 2.00 bits per heavy atom. The number of fused-ring (bicyclic) bond motifs is 2. The SMILES string of the molecule is Cc1cc(-c2[nH]c3ccc(OC4CCNCC4)cc3c2C(C)C)cn2ncnc12. The van der Waals surface area contributed by atoms with Gasteiger partial charge in [-0.05, 0) is 74.2 Å². The van der Waals surface area contributed by atoms with Gasteiger partial charge in [0.05, 0.1) is 5.69 Å². The van der Waals surface area contributed by atoms with Crippen LogP contribution in [0.3, 0.4) is 0 Å². The van der Waals surface area contributed by atoms with Crippen LogP contribution in [0, 0.1) is 6.92 Å². The maximum atomic E-state index is 6.30. The lowest BCUT2D eigenvalue weighted by molar-refractivity contribution is 0.162. The molecule has 3 aromatic heterocycles. The predicted octanol–water partition coefficient (Wildman–Crippen LogP) is 4.44. The lowest BCUT2D eigenvalue weighted by Crippen LogP contribution is -2.34. The molecule has 0 atom stereocenters. The molecule has 1 aliphatic rings. The molecular weight excluding hydrogens is 362 g/mol. The largest absolute Gasteiger partial charge is 0.490 e. The Balaban J connectivity index is 1.60. The summed E-state index contributed by atoms with van der Waals surface area (Å²) in [4.78, 5) is 7.99. The van der Waals surface area contributed by atoms with E-state index in [4.69, 9.17) is 4.74 Å². The number of ether oxygens (including phenoxy) is 1. The summed E-state index contributed by atoms with van der Waals surface area (Å²) in [7, 11) is 0. The number of pyridine rings is 1. The zero-order valence-electron chi connectivity index (χ0n) is 17.2. The molecule has 0 bridgehead atoms. The summed E-state index contributed by atoms with van der Waals surface area (Å²) in [5.74, 6) is 1.33. The van der Waals surface area contributed by atoms with Crippen LogP contribution in [0.4, 0.5) is 0 Å². The van der Waals surface area contributed by atoms with Gasteiger partial charge in [-0.3, -0.25) is 0 Å². The molecule has 0 amide bonds. The number of benzene rings is 1. The molecule has 6 heteroatoms. The van der Waals surface area contributed by atoms with E-state index >= 15 is 0 Å². The van der Waals surface area contributed by atoms with E-state index in [0.29, 0.717) is 12.0 Å². The fourth-order valence-corrected chi connectivity index (χ4v) is 4.43. The van der Waals surface area contributed by atoms with Gasteiger partial charge in [0.2, 0.25) is 0 Å². The van der Waals surface area contributed by atoms with E-state index in [1.54, 1.807) is 6.33 Å². The van der Waals surface area contributed by atoms with Crippen molar-refractivity contribution in [2.24, 2.45) is 0 Å². The van der Waals surface area contributed by atoms with E-state index < -0.39 is 0 Å². The summed E-state index contributed by atoms with van der Waals surface area (Å²) in [6, 6.07) is 8.61. The van der Waals surface area contributed by atoms with Crippen molar-refractivity contribution in [1.29, 1.82) is 0 Å². The Kier molecular flexibility index (Phi) is 4.51. The van der Waals surface area contributed by atoms with Crippen LogP contribution in [0.2, 0.25) is 0 Å². The van der Waals surface area contributed by atoms with E-state index in [1.807, 2.05) is 4.52 Å². The molecule has 4 heterocycles. The van der Waals surface area contributed by atoms with Gasteiger partial charge in [0.25, 0.3) is 0 Å². The van der Waals surface area contributed by atoms with Crippen molar-refractivity contribution in [3.05, 3.63) is 47.9 Å². The number of hydrogen-bond donors (Lipinski definition) is 2. The molecule has 4 aromatic rings. The highest BCUT2D eigenvalue weighted by Crippen LogP contribution is 2.37. The quantitative estimate of drug-likeness (QED) is 0.541. The van der Waals surface area contributed by atoms with Crippen LogP contribution >= 0.6 is 0 Å². The van der Waals surface area contributed by atoms with Gasteiger partial charge in [0.1, 0.15) is 18.2 Å². The minimum absolute atomic E-state index is 0.298. The van der Waals surface area contributed by atoms with Crippen LogP contribution in [0.1, 0.15) is 43.7 Å². The molecule has 0 saturated carbocycles. The van der Waals surface area contributed by atoms with Crippen molar-refractivity contribution < 1.29 is 4.74 Å². The third-order valence-electron chi connectivity index (χ3n) is 5.82. The number of aromatic nitrogens is 4. The minimum atomic E-state index is 0.298. The Bertz CT molecular complexity index is 1170. The molecule has 0 unspecified atom stereocenters. The van der Waals surface area contributed by atoms with Gasteiger partial charge in [-0.15, -0.1) is 0 Å². The van der Waals surface area contributed by atoms with Gasteiger partial charge in [-0.1, -0.05) is 13.8 Å². The van der Waals surface area contributed by atoms with Gasteiger partial charge in [-0.25, -0.2) is 9.50 Å². The van der Waals surface area contributed by atoms with Crippen LogP contribution in [-0.4, -0.2) is 38.8 Å². The summed E-state index contributed by atoms with van der Waals surface area (Å²) in [5, 5.41) is 8.97. The summed E-state index contributed by atoms with van der Waals surface area (Å²) >= 11 is 0. The van der Waals surface area contributed by atoms with Crippen molar-refractivity contribution in [2.45, 2.75) is 45.6 Å². The summed E-state index contributed by atoms with van der Waals surface area (Å²) in [6.45, 7) is 8.63. The number of aromatic amines is 1. The van der Waals surface area contributed by atoms with Gasteiger partial charge in [0, 0.05) is 22.7 Å². The molecule has 29 heavy (non-hydrogen) atoms. The molecular formula is C23H27N5O. The van der Waals surface area contributed by atoms with E-state index in [1.165, 1.54) is 10.9 Å². The number of aryl methyl sites for hydroxylation is 1. The maximum Gasteiger partial charge on any atom is 0.158 e. The van der Waals surface area contributed by atoms with Crippen molar-refractivity contribution >= 4 is 16.6 Å². The van der Waals surface area contributed by atoms with Crippen molar-refractivity contribution in [2.75, 3.05) is 13.1 Å². The lowest BCUT2D eigenvalue weighted by atomic mass is 9.96. The number of nitrogens with zero attached hydrogens (tertiary/aromatic N) is 3. The van der Waals surface area contributed by atoms with Gasteiger partial charge in [-0.2, -0.15) is 5.10 Å². The summed E-state index contributed by atoms with van der Waals surface area (Å²) < 4.78 is 8.16. The standard InChI is InChI=1S/C23H27N5O/c1-14(2)21-19-11-18(29-17-6-8-24-9-7-17)4-5-20(19)27-22(21)16-10-15(3)23-25-13-26-28(23)12-16/h4-5,10-14,17,24,27H,6-9H2,1-3H3. The third-order valence-corrected chi connectivity index (χ3v) is 5.82. The van der Waals surface area contributed by atoms with E-state index in [0.717, 1.165) is 59.7 Å². The predicted molar refractivity (Wildman–Crippen MR) is 116 cm³/mol. The average Bonchev–Trinajstić information content (AvgIpc) is 3.33. The van der Waals surface area contributed by atoms with Crippen LogP contribution in [0.5, 0.6) is 5.75 Å². The fraction of sp³-hybridized carbons (Fsp3) is 0.391. The van der Waals surface area contributed by atoms with Crippen molar-refractivity contribution in [3.63, 3.8) is 0 Å². The average molecular weight is 390 g/mol. The molecule has 150 valence electrons. The van der Waals surface area contributed by atoms with Gasteiger partial charge >= 0.3 is 0 Å². The van der Waals surface area contributed by atoms with Gasteiger partial charge in [0.15, 0.2) is 5.65 Å². The number of hydrogen-bond acceptors (Lipinski definition) is 4. The zero-order valence-corrected chi connectivity index (χ0v) is 17.2. The molecule has 0 spiro atoms. The van der Waals surface area contributed by atoms with E-state index in [2.05, 4.69) is 71.6 Å². The third kappa shape index (κ3) is 3.27. The molecule has 1 aliphatic heterocycles. The Morgan fingerprint density at radius 3 is 2.79 bits per heavy atom. The minimum Gasteiger partial charge on any atom is -0.490 e. The summed E-state index contributed by atoms with van der Waals surface area (Å²) in [5.41, 5.74) is 6.74. The zero-order chi connectivity index (χ0) is 20.0. The number of nitrogens with one attached hydrogen (secondary N) is 2. The van der Waals surface area contributed by atoms with Crippen molar-refractivity contribution in [3.8, 4) is 17.0 Å². The van der Waals surface area contributed by atoms with E-state index in [-0.39, 0.29) is 0 Å². The second-order valence-electron chi connectivity index (χ2n) is 8.28. The highest BCUT2D eigenvalue weighted by molar-refractivity contribution is 5.92. The van der Waals surface area contributed by atoms with Crippen LogP contribution in [-0.2, 0) is 0 Å². The topological polar surface area (TPSA) is 67.2 Å². The number of H-pyrrole nitrogens is 1. The normalized spacial score (nSPS) is 15.6.